The van der Waals surface area contributed by atoms with Gasteiger partial charge in [-0.15, -0.1) is 0 Å². The Morgan fingerprint density at radius 1 is 1.40 bits per heavy atom. The second-order valence-electron chi connectivity index (χ2n) is 4.01. The van der Waals surface area contributed by atoms with E-state index in [4.69, 9.17) is 20.8 Å². The molecule has 0 atom stereocenters. The molecule has 0 aliphatic rings. The van der Waals surface area contributed by atoms with Crippen molar-refractivity contribution in [3.8, 4) is 11.8 Å². The van der Waals surface area contributed by atoms with E-state index in [0.717, 1.165) is 5.56 Å². The van der Waals surface area contributed by atoms with Gasteiger partial charge in [0.2, 0.25) is 0 Å². The summed E-state index contributed by atoms with van der Waals surface area (Å²) in [6.45, 7) is 0.216. The number of anilines is 1. The minimum Gasteiger partial charge on any atom is -0.487 e. The van der Waals surface area contributed by atoms with Crippen LogP contribution in [0.2, 0.25) is 0 Å². The summed E-state index contributed by atoms with van der Waals surface area (Å²) in [7, 11) is 0. The van der Waals surface area contributed by atoms with Crippen LogP contribution in [0, 0.1) is 11.3 Å². The molecule has 2 aromatic rings. The molecule has 0 saturated carbocycles. The van der Waals surface area contributed by atoms with Gasteiger partial charge >= 0.3 is 5.97 Å². The van der Waals surface area contributed by atoms with E-state index in [1.54, 1.807) is 12.1 Å². The highest BCUT2D eigenvalue weighted by molar-refractivity contribution is 5.89. The first-order valence-corrected chi connectivity index (χ1v) is 5.71. The third-order valence-corrected chi connectivity index (χ3v) is 2.59. The predicted molar refractivity (Wildman–Crippen MR) is 71.1 cm³/mol. The number of carboxylic acids is 1. The molecule has 6 heteroatoms. The fourth-order valence-corrected chi connectivity index (χ4v) is 1.60. The standard InChI is InChI=1S/C14H11N3O3/c15-7-11-5-9(3-4-17-11)8-20-13-2-1-10(14(18)19)6-12(13)16/h1-6H,8,16H2,(H,18,19). The van der Waals surface area contributed by atoms with E-state index in [9.17, 15) is 4.79 Å². The van der Waals surface area contributed by atoms with Crippen molar-refractivity contribution in [2.45, 2.75) is 6.61 Å². The predicted octanol–water partition coefficient (Wildman–Crippen LogP) is 1.81. The van der Waals surface area contributed by atoms with Gasteiger partial charge in [-0.2, -0.15) is 5.26 Å². The monoisotopic (exact) mass is 269 g/mol. The number of carboxylic acid groups (broad SMARTS) is 1. The number of hydrogen-bond acceptors (Lipinski definition) is 5. The Balaban J connectivity index is 2.11. The summed E-state index contributed by atoms with van der Waals surface area (Å²) >= 11 is 0. The number of nitriles is 1. The van der Waals surface area contributed by atoms with Gasteiger partial charge in [0.15, 0.2) is 0 Å². The van der Waals surface area contributed by atoms with Gasteiger partial charge in [0, 0.05) is 6.20 Å². The van der Waals surface area contributed by atoms with E-state index >= 15 is 0 Å². The van der Waals surface area contributed by atoms with Crippen LogP contribution in [0.1, 0.15) is 21.6 Å². The zero-order valence-corrected chi connectivity index (χ0v) is 10.4. The average Bonchev–Trinajstić information content (AvgIpc) is 2.46. The summed E-state index contributed by atoms with van der Waals surface area (Å²) in [4.78, 5) is 14.6. The van der Waals surface area contributed by atoms with Gasteiger partial charge in [-0.25, -0.2) is 9.78 Å². The number of aromatic nitrogens is 1. The molecule has 0 aliphatic heterocycles. The smallest absolute Gasteiger partial charge is 0.335 e. The van der Waals surface area contributed by atoms with Crippen LogP contribution in [-0.4, -0.2) is 16.1 Å². The Bertz CT molecular complexity index is 692. The summed E-state index contributed by atoms with van der Waals surface area (Å²) in [5.74, 6) is -0.652. The molecular weight excluding hydrogens is 258 g/mol. The van der Waals surface area contributed by atoms with Crippen LogP contribution in [0.15, 0.2) is 36.5 Å². The number of hydrogen-bond donors (Lipinski definition) is 2. The molecule has 0 radical (unpaired) electrons. The summed E-state index contributed by atoms with van der Waals surface area (Å²) < 4.78 is 5.50. The minimum absolute atomic E-state index is 0.102. The zero-order valence-electron chi connectivity index (χ0n) is 10.4. The third kappa shape index (κ3) is 3.03. The molecule has 1 aromatic heterocycles. The summed E-state index contributed by atoms with van der Waals surface area (Å²) in [5, 5.41) is 17.6. The molecular formula is C14H11N3O3. The molecule has 0 saturated heterocycles. The van der Waals surface area contributed by atoms with Crippen molar-refractivity contribution in [1.82, 2.24) is 4.98 Å². The highest BCUT2D eigenvalue weighted by Gasteiger charge is 2.07. The van der Waals surface area contributed by atoms with Crippen LogP contribution < -0.4 is 10.5 Å². The van der Waals surface area contributed by atoms with E-state index in [1.807, 2.05) is 6.07 Å². The first kappa shape index (κ1) is 13.4. The molecule has 20 heavy (non-hydrogen) atoms. The van der Waals surface area contributed by atoms with Gasteiger partial charge in [0.1, 0.15) is 24.1 Å². The topological polar surface area (TPSA) is 109 Å². The summed E-state index contributed by atoms with van der Waals surface area (Å²) in [6.07, 6.45) is 1.52. The fourth-order valence-electron chi connectivity index (χ4n) is 1.60. The maximum absolute atomic E-state index is 10.8. The van der Waals surface area contributed by atoms with Crippen LogP contribution in [-0.2, 0) is 6.61 Å². The van der Waals surface area contributed by atoms with Crippen LogP contribution >= 0.6 is 0 Å². The van der Waals surface area contributed by atoms with Crippen molar-refractivity contribution < 1.29 is 14.6 Å². The third-order valence-electron chi connectivity index (χ3n) is 2.59. The molecule has 0 spiro atoms. The number of nitrogens with two attached hydrogens (primary N) is 1. The first-order valence-electron chi connectivity index (χ1n) is 5.71. The number of nitrogen functional groups attached to an aromatic ring is 1. The van der Waals surface area contributed by atoms with Gasteiger partial charge < -0.3 is 15.6 Å². The largest absolute Gasteiger partial charge is 0.487 e. The second-order valence-corrected chi connectivity index (χ2v) is 4.01. The van der Waals surface area contributed by atoms with Crippen LogP contribution in [0.25, 0.3) is 0 Å². The fraction of sp³-hybridized carbons (Fsp3) is 0.0714. The number of nitrogens with zero attached hydrogens (tertiary/aromatic N) is 2. The molecule has 2 rings (SSSR count). The molecule has 3 N–H and O–H groups in total. The van der Waals surface area contributed by atoms with E-state index < -0.39 is 5.97 Å². The highest BCUT2D eigenvalue weighted by atomic mass is 16.5. The Hall–Kier alpha value is -3.07. The maximum atomic E-state index is 10.8. The lowest BCUT2D eigenvalue weighted by Crippen LogP contribution is -2.02. The van der Waals surface area contributed by atoms with Crippen LogP contribution in [0.5, 0.6) is 5.75 Å². The molecule has 1 aromatic carbocycles. The van der Waals surface area contributed by atoms with E-state index in [0.29, 0.717) is 11.4 Å². The Labute approximate surface area is 115 Å². The maximum Gasteiger partial charge on any atom is 0.335 e. The molecule has 1 heterocycles. The van der Waals surface area contributed by atoms with Gasteiger partial charge in [0.05, 0.1) is 11.3 Å². The lowest BCUT2D eigenvalue weighted by molar-refractivity contribution is 0.0697. The second kappa shape index (κ2) is 5.71. The number of aromatic carboxylic acids is 1. The van der Waals surface area contributed by atoms with Crippen LogP contribution in [0.3, 0.4) is 0 Å². The average molecular weight is 269 g/mol. The van der Waals surface area contributed by atoms with E-state index in [1.165, 1.54) is 24.4 Å². The number of rotatable bonds is 4. The summed E-state index contributed by atoms with van der Waals surface area (Å²) in [5.41, 5.74) is 7.16. The van der Waals surface area contributed by atoms with Crippen molar-refractivity contribution in [3.63, 3.8) is 0 Å². The van der Waals surface area contributed by atoms with E-state index in [-0.39, 0.29) is 17.9 Å². The molecule has 0 aliphatic carbocycles. The van der Waals surface area contributed by atoms with Gasteiger partial charge in [-0.3, -0.25) is 0 Å². The zero-order chi connectivity index (χ0) is 14.5. The molecule has 0 fully saturated rings. The number of benzene rings is 1. The number of ether oxygens (including phenoxy) is 1. The molecule has 0 bridgehead atoms. The SMILES string of the molecule is N#Cc1cc(COc2ccc(C(=O)O)cc2N)ccn1. The normalized spacial score (nSPS) is 9.75. The van der Waals surface area contributed by atoms with Gasteiger partial charge in [-0.1, -0.05) is 0 Å². The first-order chi connectivity index (χ1) is 9.60. The quantitative estimate of drug-likeness (QED) is 0.819. The van der Waals surface area contributed by atoms with Gasteiger partial charge in [0.25, 0.3) is 0 Å². The molecule has 0 unspecified atom stereocenters. The van der Waals surface area contributed by atoms with Crippen molar-refractivity contribution in [1.29, 1.82) is 5.26 Å². The van der Waals surface area contributed by atoms with Crippen molar-refractivity contribution >= 4 is 11.7 Å². The number of pyridine rings is 1. The minimum atomic E-state index is -1.05. The number of carbonyl (C=O) groups is 1. The Morgan fingerprint density at radius 3 is 2.85 bits per heavy atom. The Kier molecular flexibility index (Phi) is 3.82. The van der Waals surface area contributed by atoms with Gasteiger partial charge in [-0.05, 0) is 35.9 Å². The molecule has 100 valence electrons. The summed E-state index contributed by atoms with van der Waals surface area (Å²) in [6, 6.07) is 9.54. The van der Waals surface area contributed by atoms with Crippen LogP contribution in [0.4, 0.5) is 5.69 Å². The van der Waals surface area contributed by atoms with Crippen molar-refractivity contribution in [3.05, 3.63) is 53.3 Å². The highest BCUT2D eigenvalue weighted by Crippen LogP contribution is 2.23. The lowest BCUT2D eigenvalue weighted by Gasteiger charge is -2.09. The molecule has 0 amide bonds. The van der Waals surface area contributed by atoms with Crippen molar-refractivity contribution in [2.75, 3.05) is 5.73 Å². The van der Waals surface area contributed by atoms with Crippen molar-refractivity contribution in [2.24, 2.45) is 0 Å². The Morgan fingerprint density at radius 2 is 2.20 bits per heavy atom. The molecule has 6 nitrogen and oxygen atoms in total. The van der Waals surface area contributed by atoms with E-state index in [2.05, 4.69) is 4.98 Å². The lowest BCUT2D eigenvalue weighted by atomic mass is 10.2.